The second-order valence-electron chi connectivity index (χ2n) is 4.35. The van der Waals surface area contributed by atoms with Crippen LogP contribution in [0.25, 0.3) is 0 Å². The van der Waals surface area contributed by atoms with Crippen molar-refractivity contribution in [1.29, 1.82) is 0 Å². The first kappa shape index (κ1) is 14.0. The van der Waals surface area contributed by atoms with E-state index in [-0.39, 0.29) is 6.04 Å². The normalized spacial score (nSPS) is 20.4. The molecule has 1 aromatic heterocycles. The van der Waals surface area contributed by atoms with E-state index in [1.165, 1.54) is 11.3 Å². The molecule has 1 unspecified atom stereocenters. The van der Waals surface area contributed by atoms with Crippen LogP contribution in [-0.2, 0) is 21.3 Å². The van der Waals surface area contributed by atoms with Gasteiger partial charge < -0.3 is 10.1 Å². The Morgan fingerprint density at radius 1 is 1.56 bits per heavy atom. The minimum absolute atomic E-state index is 0.0953. The summed E-state index contributed by atoms with van der Waals surface area (Å²) in [5.41, 5.74) is 0. The van der Waals surface area contributed by atoms with Crippen molar-refractivity contribution in [1.82, 2.24) is 10.0 Å². The van der Waals surface area contributed by atoms with Crippen molar-refractivity contribution in [2.75, 3.05) is 20.3 Å². The quantitative estimate of drug-likeness (QED) is 0.843. The summed E-state index contributed by atoms with van der Waals surface area (Å²) in [6, 6.07) is 1.65. The van der Waals surface area contributed by atoms with Crippen LogP contribution in [0.3, 0.4) is 0 Å². The zero-order chi connectivity index (χ0) is 13.2. The average molecular weight is 290 g/mol. The number of rotatable bonds is 5. The molecule has 102 valence electrons. The number of nitrogens with one attached hydrogen (secondary N) is 2. The topological polar surface area (TPSA) is 67.4 Å². The first-order valence-corrected chi connectivity index (χ1v) is 8.17. The number of hydrogen-bond acceptors (Lipinski definition) is 5. The third-order valence-corrected chi connectivity index (χ3v) is 5.64. The molecule has 5 nitrogen and oxygen atoms in total. The van der Waals surface area contributed by atoms with Gasteiger partial charge >= 0.3 is 0 Å². The minimum atomic E-state index is -3.42. The Balaban J connectivity index is 2.17. The van der Waals surface area contributed by atoms with Crippen LogP contribution < -0.4 is 10.0 Å². The third kappa shape index (κ3) is 3.10. The summed E-state index contributed by atoms with van der Waals surface area (Å²) in [5, 5.41) is 3.02. The van der Waals surface area contributed by atoms with Crippen molar-refractivity contribution >= 4 is 21.4 Å². The Hall–Kier alpha value is -0.470. The van der Waals surface area contributed by atoms with Crippen LogP contribution >= 0.6 is 11.3 Å². The monoisotopic (exact) mass is 290 g/mol. The summed E-state index contributed by atoms with van der Waals surface area (Å²) in [7, 11) is -1.57. The van der Waals surface area contributed by atoms with Crippen molar-refractivity contribution in [3.8, 4) is 0 Å². The van der Waals surface area contributed by atoms with Crippen molar-refractivity contribution in [3.63, 3.8) is 0 Å². The van der Waals surface area contributed by atoms with Gasteiger partial charge in [0.1, 0.15) is 0 Å². The van der Waals surface area contributed by atoms with E-state index in [1.807, 2.05) is 14.0 Å². The van der Waals surface area contributed by atoms with Gasteiger partial charge in [0.2, 0.25) is 10.0 Å². The van der Waals surface area contributed by atoms with E-state index in [9.17, 15) is 8.42 Å². The molecule has 0 aromatic carbocycles. The summed E-state index contributed by atoms with van der Waals surface area (Å²) in [5.74, 6) is 0. The Bertz CT molecular complexity index is 504. The third-order valence-electron chi connectivity index (χ3n) is 2.82. The molecule has 1 fully saturated rings. The van der Waals surface area contributed by atoms with Gasteiger partial charge in [-0.1, -0.05) is 0 Å². The van der Waals surface area contributed by atoms with Crippen LogP contribution in [0, 0.1) is 6.92 Å². The van der Waals surface area contributed by atoms with E-state index >= 15 is 0 Å². The Morgan fingerprint density at radius 3 is 2.94 bits per heavy atom. The summed E-state index contributed by atoms with van der Waals surface area (Å²) in [6.07, 6.45) is 0.742. The molecule has 2 N–H and O–H groups in total. The van der Waals surface area contributed by atoms with E-state index in [4.69, 9.17) is 4.74 Å². The maximum Gasteiger partial charge on any atom is 0.242 e. The van der Waals surface area contributed by atoms with E-state index in [1.54, 1.807) is 6.07 Å². The van der Waals surface area contributed by atoms with Gasteiger partial charge in [0.15, 0.2) is 0 Å². The molecular weight excluding hydrogens is 272 g/mol. The molecule has 18 heavy (non-hydrogen) atoms. The van der Waals surface area contributed by atoms with Crippen molar-refractivity contribution in [2.24, 2.45) is 0 Å². The largest absolute Gasteiger partial charge is 0.380 e. The molecule has 2 rings (SSSR count). The fraction of sp³-hybridized carbons (Fsp3) is 0.636. The highest BCUT2D eigenvalue weighted by Gasteiger charge is 2.25. The molecule has 0 amide bonds. The van der Waals surface area contributed by atoms with Gasteiger partial charge in [-0.3, -0.25) is 0 Å². The fourth-order valence-electron chi connectivity index (χ4n) is 1.96. The van der Waals surface area contributed by atoms with Gasteiger partial charge in [-0.05, 0) is 26.5 Å². The van der Waals surface area contributed by atoms with E-state index < -0.39 is 10.0 Å². The first-order valence-electron chi connectivity index (χ1n) is 5.87. The van der Waals surface area contributed by atoms with Crippen molar-refractivity contribution in [3.05, 3.63) is 15.8 Å². The number of aryl methyl sites for hydroxylation is 1. The highest BCUT2D eigenvalue weighted by atomic mass is 32.2. The number of thiophene rings is 1. The SMILES string of the molecule is CNCc1cc(S(=O)(=O)NC2CCOC2)c(C)s1. The zero-order valence-electron chi connectivity index (χ0n) is 10.5. The molecule has 1 aliphatic rings. The lowest BCUT2D eigenvalue weighted by Gasteiger charge is -2.10. The van der Waals surface area contributed by atoms with Crippen LogP contribution in [-0.4, -0.2) is 34.7 Å². The molecule has 1 saturated heterocycles. The second kappa shape index (κ2) is 5.66. The standard InChI is InChI=1S/C11H18N2O3S2/c1-8-11(5-10(17-8)6-12-2)18(14,15)13-9-3-4-16-7-9/h5,9,12-13H,3-4,6-7H2,1-2H3. The minimum Gasteiger partial charge on any atom is -0.380 e. The molecule has 1 aromatic rings. The molecule has 2 heterocycles. The van der Waals surface area contributed by atoms with Crippen LogP contribution in [0.1, 0.15) is 16.2 Å². The number of hydrogen-bond donors (Lipinski definition) is 2. The molecule has 0 bridgehead atoms. The Morgan fingerprint density at radius 2 is 2.33 bits per heavy atom. The summed E-state index contributed by atoms with van der Waals surface area (Å²) in [4.78, 5) is 2.24. The van der Waals surface area contributed by atoms with Crippen LogP contribution in [0.5, 0.6) is 0 Å². The lowest BCUT2D eigenvalue weighted by atomic mass is 10.3. The van der Waals surface area contributed by atoms with Crippen molar-refractivity contribution < 1.29 is 13.2 Å². The van der Waals surface area contributed by atoms with E-state index in [2.05, 4.69) is 10.0 Å². The average Bonchev–Trinajstić information content (AvgIpc) is 2.88. The molecule has 1 atom stereocenters. The maximum atomic E-state index is 12.2. The molecule has 0 aliphatic carbocycles. The second-order valence-corrected chi connectivity index (χ2v) is 7.37. The van der Waals surface area contributed by atoms with E-state index in [0.29, 0.717) is 24.7 Å². The molecule has 0 spiro atoms. The van der Waals surface area contributed by atoms with Gasteiger partial charge in [0.05, 0.1) is 11.5 Å². The number of sulfonamides is 1. The van der Waals surface area contributed by atoms with Gasteiger partial charge in [-0.2, -0.15) is 0 Å². The molecule has 7 heteroatoms. The highest BCUT2D eigenvalue weighted by Crippen LogP contribution is 2.26. The van der Waals surface area contributed by atoms with Gasteiger partial charge in [0.25, 0.3) is 0 Å². The highest BCUT2D eigenvalue weighted by molar-refractivity contribution is 7.89. The molecule has 0 saturated carbocycles. The van der Waals surface area contributed by atoms with E-state index in [0.717, 1.165) is 16.2 Å². The van der Waals surface area contributed by atoms with Gasteiger partial charge in [0, 0.05) is 28.9 Å². The lowest BCUT2D eigenvalue weighted by molar-refractivity contribution is 0.192. The predicted octanol–water partition coefficient (Wildman–Crippen LogP) is 0.843. The predicted molar refractivity (Wildman–Crippen MR) is 71.4 cm³/mol. The summed E-state index contributed by atoms with van der Waals surface area (Å²) >= 11 is 1.51. The smallest absolute Gasteiger partial charge is 0.242 e. The summed E-state index contributed by atoms with van der Waals surface area (Å²) < 4.78 is 32.4. The Kier molecular flexibility index (Phi) is 4.39. The first-order chi connectivity index (χ1) is 8.53. The Labute approximate surface area is 112 Å². The number of ether oxygens (including phenoxy) is 1. The zero-order valence-corrected chi connectivity index (χ0v) is 12.2. The van der Waals surface area contributed by atoms with Crippen molar-refractivity contribution in [2.45, 2.75) is 30.8 Å². The van der Waals surface area contributed by atoms with Crippen LogP contribution in [0.2, 0.25) is 0 Å². The molecular formula is C11H18N2O3S2. The maximum absolute atomic E-state index is 12.2. The molecule has 1 aliphatic heterocycles. The fourth-order valence-corrected chi connectivity index (χ4v) is 4.87. The molecule has 0 radical (unpaired) electrons. The van der Waals surface area contributed by atoms with Gasteiger partial charge in [-0.25, -0.2) is 13.1 Å². The van der Waals surface area contributed by atoms with Crippen LogP contribution in [0.4, 0.5) is 0 Å². The lowest BCUT2D eigenvalue weighted by Crippen LogP contribution is -2.35. The summed E-state index contributed by atoms with van der Waals surface area (Å²) in [6.45, 7) is 3.61. The van der Waals surface area contributed by atoms with Crippen LogP contribution in [0.15, 0.2) is 11.0 Å². The van der Waals surface area contributed by atoms with Gasteiger partial charge in [-0.15, -0.1) is 11.3 Å².